The molecule has 0 radical (unpaired) electrons. The number of aromatic nitrogens is 2. The second-order valence-corrected chi connectivity index (χ2v) is 6.42. The van der Waals surface area contributed by atoms with Gasteiger partial charge in [-0.3, -0.25) is 5.32 Å². The van der Waals surface area contributed by atoms with Crippen LogP contribution in [0.1, 0.15) is 5.69 Å². The van der Waals surface area contributed by atoms with Gasteiger partial charge in [-0.2, -0.15) is 0 Å². The molecule has 1 N–H and O–H groups in total. The number of hydrogen-bond acceptors (Lipinski definition) is 3. The van der Waals surface area contributed by atoms with Crippen molar-refractivity contribution >= 4 is 39.8 Å². The summed E-state index contributed by atoms with van der Waals surface area (Å²) in [5.74, 6) is 0. The molecule has 0 fully saturated rings. The van der Waals surface area contributed by atoms with Crippen LogP contribution < -0.4 is 5.32 Å². The first kappa shape index (κ1) is 16.4. The predicted molar refractivity (Wildman–Crippen MR) is 104 cm³/mol. The lowest BCUT2D eigenvalue weighted by Gasteiger charge is -2.06. The van der Waals surface area contributed by atoms with E-state index >= 15 is 0 Å². The first-order valence-electron chi connectivity index (χ1n) is 8.09. The summed E-state index contributed by atoms with van der Waals surface area (Å²) in [6.07, 6.45) is 1.50. The number of halogens is 1. The summed E-state index contributed by atoms with van der Waals surface area (Å²) in [6.45, 7) is 2.03. The second-order valence-electron chi connectivity index (χ2n) is 5.98. The van der Waals surface area contributed by atoms with Gasteiger partial charge in [0.25, 0.3) is 0 Å². The van der Waals surface area contributed by atoms with Crippen LogP contribution in [0.25, 0.3) is 27.7 Å². The molecule has 0 atom stereocenters. The lowest BCUT2D eigenvalue weighted by atomic mass is 10.1. The van der Waals surface area contributed by atoms with E-state index in [1.165, 1.54) is 7.11 Å². The van der Waals surface area contributed by atoms with Crippen molar-refractivity contribution in [1.82, 2.24) is 9.38 Å². The number of fused-ring (bicyclic) bond motifs is 3. The maximum atomic E-state index is 11.5. The largest absolute Gasteiger partial charge is 0.453 e. The van der Waals surface area contributed by atoms with Gasteiger partial charge in [0.15, 0.2) is 0 Å². The van der Waals surface area contributed by atoms with E-state index in [9.17, 15) is 4.79 Å². The van der Waals surface area contributed by atoms with Crippen LogP contribution >= 0.6 is 11.6 Å². The van der Waals surface area contributed by atoms with Crippen molar-refractivity contribution in [3.8, 4) is 11.3 Å². The number of nitrogens with zero attached hydrogens (tertiary/aromatic N) is 2. The number of amides is 1. The molecule has 0 bridgehead atoms. The number of ether oxygens (including phenoxy) is 1. The Kier molecular flexibility index (Phi) is 4.01. The normalized spacial score (nSPS) is 11.0. The predicted octanol–water partition coefficient (Wildman–Crippen LogP) is 5.29. The number of carbonyl (C=O) groups is 1. The molecule has 6 heteroatoms. The fourth-order valence-corrected chi connectivity index (χ4v) is 3.19. The molecular formula is C20H16ClN3O2. The second kappa shape index (κ2) is 6.35. The minimum Gasteiger partial charge on any atom is -0.453 e. The summed E-state index contributed by atoms with van der Waals surface area (Å²) < 4.78 is 6.71. The summed E-state index contributed by atoms with van der Waals surface area (Å²) in [7, 11) is 1.34. The van der Waals surface area contributed by atoms with E-state index in [0.29, 0.717) is 10.7 Å². The molecule has 2 aromatic heterocycles. The standard InChI is InChI=1S/C20H16ClN3O2/c1-12-18(14-3-6-15(21)7-4-14)23-19-17-11-16(22-20(25)26-2)8-5-13(17)9-10-24(12)19/h3-11H,1-2H3,(H,22,25). The van der Waals surface area contributed by atoms with Crippen LogP contribution in [0.4, 0.5) is 10.5 Å². The Morgan fingerprint density at radius 2 is 1.92 bits per heavy atom. The van der Waals surface area contributed by atoms with Gasteiger partial charge in [-0.05, 0) is 42.6 Å². The fourth-order valence-electron chi connectivity index (χ4n) is 3.06. The summed E-state index contributed by atoms with van der Waals surface area (Å²) in [4.78, 5) is 16.3. The van der Waals surface area contributed by atoms with E-state index in [0.717, 1.165) is 33.4 Å². The zero-order valence-electron chi connectivity index (χ0n) is 14.3. The van der Waals surface area contributed by atoms with Crippen molar-refractivity contribution in [3.63, 3.8) is 0 Å². The first-order valence-corrected chi connectivity index (χ1v) is 8.47. The van der Waals surface area contributed by atoms with Gasteiger partial charge < -0.3 is 9.14 Å². The van der Waals surface area contributed by atoms with Crippen molar-refractivity contribution in [3.05, 3.63) is 65.4 Å². The van der Waals surface area contributed by atoms with Crippen molar-refractivity contribution < 1.29 is 9.53 Å². The number of methoxy groups -OCH3 is 1. The van der Waals surface area contributed by atoms with E-state index in [1.807, 2.05) is 66.1 Å². The van der Waals surface area contributed by atoms with Gasteiger partial charge in [0.2, 0.25) is 0 Å². The number of anilines is 1. The summed E-state index contributed by atoms with van der Waals surface area (Å²) in [5.41, 5.74) is 4.44. The molecule has 1 amide bonds. The summed E-state index contributed by atoms with van der Waals surface area (Å²) in [5, 5.41) is 5.38. The number of carbonyl (C=O) groups excluding carboxylic acids is 1. The number of pyridine rings is 1. The average Bonchev–Trinajstić information content (AvgIpc) is 2.99. The van der Waals surface area contributed by atoms with Gasteiger partial charge in [0.1, 0.15) is 5.65 Å². The number of rotatable bonds is 2. The van der Waals surface area contributed by atoms with E-state index < -0.39 is 6.09 Å². The van der Waals surface area contributed by atoms with E-state index in [4.69, 9.17) is 16.6 Å². The molecule has 4 aromatic rings. The fraction of sp³-hybridized carbons (Fsp3) is 0.100. The van der Waals surface area contributed by atoms with Gasteiger partial charge >= 0.3 is 6.09 Å². The lowest BCUT2D eigenvalue weighted by Crippen LogP contribution is -2.10. The van der Waals surface area contributed by atoms with Gasteiger partial charge in [-0.1, -0.05) is 29.8 Å². The van der Waals surface area contributed by atoms with Crippen LogP contribution in [0.15, 0.2) is 54.7 Å². The number of imidazole rings is 1. The average molecular weight is 366 g/mol. The third kappa shape index (κ3) is 2.76. The minimum atomic E-state index is -0.502. The molecule has 0 aliphatic rings. The van der Waals surface area contributed by atoms with Crippen molar-refractivity contribution in [2.75, 3.05) is 12.4 Å². The molecule has 2 heterocycles. The van der Waals surface area contributed by atoms with E-state index in [1.54, 1.807) is 0 Å². The summed E-state index contributed by atoms with van der Waals surface area (Å²) >= 11 is 6.00. The number of benzene rings is 2. The SMILES string of the molecule is COC(=O)Nc1ccc2ccn3c(C)c(-c4ccc(Cl)cc4)nc3c2c1. The Labute approximate surface area is 155 Å². The zero-order valence-corrected chi connectivity index (χ0v) is 15.0. The smallest absolute Gasteiger partial charge is 0.411 e. The Hall–Kier alpha value is -3.05. The Morgan fingerprint density at radius 3 is 2.65 bits per heavy atom. The summed E-state index contributed by atoms with van der Waals surface area (Å²) in [6, 6.07) is 15.4. The van der Waals surface area contributed by atoms with Gasteiger partial charge in [0, 0.05) is 33.6 Å². The Bertz CT molecular complexity index is 1130. The monoisotopic (exact) mass is 365 g/mol. The highest BCUT2D eigenvalue weighted by Crippen LogP contribution is 2.30. The highest BCUT2D eigenvalue weighted by atomic mass is 35.5. The third-order valence-corrected chi connectivity index (χ3v) is 4.65. The highest BCUT2D eigenvalue weighted by molar-refractivity contribution is 6.30. The molecule has 0 unspecified atom stereocenters. The van der Waals surface area contributed by atoms with Crippen LogP contribution in [0.2, 0.25) is 5.02 Å². The molecular weight excluding hydrogens is 350 g/mol. The van der Waals surface area contributed by atoms with Crippen molar-refractivity contribution in [2.24, 2.45) is 0 Å². The lowest BCUT2D eigenvalue weighted by molar-refractivity contribution is 0.187. The molecule has 5 nitrogen and oxygen atoms in total. The van der Waals surface area contributed by atoms with Crippen LogP contribution in [0, 0.1) is 6.92 Å². The number of aryl methyl sites for hydroxylation is 1. The molecule has 130 valence electrons. The van der Waals surface area contributed by atoms with E-state index in [2.05, 4.69) is 10.1 Å². The number of hydrogen-bond donors (Lipinski definition) is 1. The maximum absolute atomic E-state index is 11.5. The molecule has 26 heavy (non-hydrogen) atoms. The minimum absolute atomic E-state index is 0.502. The molecule has 0 spiro atoms. The van der Waals surface area contributed by atoms with Crippen LogP contribution in [0.3, 0.4) is 0 Å². The first-order chi connectivity index (χ1) is 12.6. The van der Waals surface area contributed by atoms with Crippen LogP contribution in [-0.4, -0.2) is 22.6 Å². The molecule has 0 aliphatic heterocycles. The van der Waals surface area contributed by atoms with Crippen LogP contribution in [-0.2, 0) is 4.74 Å². The molecule has 4 rings (SSSR count). The van der Waals surface area contributed by atoms with Crippen molar-refractivity contribution in [1.29, 1.82) is 0 Å². The van der Waals surface area contributed by atoms with Gasteiger partial charge in [-0.25, -0.2) is 9.78 Å². The Morgan fingerprint density at radius 1 is 1.15 bits per heavy atom. The Balaban J connectivity index is 1.91. The molecule has 0 saturated carbocycles. The maximum Gasteiger partial charge on any atom is 0.411 e. The van der Waals surface area contributed by atoms with Crippen LogP contribution in [0.5, 0.6) is 0 Å². The molecule has 0 saturated heterocycles. The molecule has 0 aliphatic carbocycles. The third-order valence-electron chi connectivity index (χ3n) is 4.40. The quantitative estimate of drug-likeness (QED) is 0.524. The van der Waals surface area contributed by atoms with E-state index in [-0.39, 0.29) is 0 Å². The highest BCUT2D eigenvalue weighted by Gasteiger charge is 2.13. The topological polar surface area (TPSA) is 55.6 Å². The molecule has 2 aromatic carbocycles. The number of nitrogens with one attached hydrogen (secondary N) is 1. The van der Waals surface area contributed by atoms with Gasteiger partial charge in [-0.15, -0.1) is 0 Å². The zero-order chi connectivity index (χ0) is 18.3. The van der Waals surface area contributed by atoms with Gasteiger partial charge in [0.05, 0.1) is 12.8 Å². The van der Waals surface area contributed by atoms with Crippen molar-refractivity contribution in [2.45, 2.75) is 6.92 Å².